The lowest BCUT2D eigenvalue weighted by molar-refractivity contribution is -0.384. The fourth-order valence-corrected chi connectivity index (χ4v) is 2.83. The number of aromatic nitrogens is 1. The maximum atomic E-state index is 11.2. The number of pyridine rings is 1. The van der Waals surface area contributed by atoms with Gasteiger partial charge in [-0.05, 0) is 18.1 Å². The summed E-state index contributed by atoms with van der Waals surface area (Å²) < 4.78 is 0. The molecular weight excluding hydrogens is 280 g/mol. The third-order valence-corrected chi connectivity index (χ3v) is 3.84. The Kier molecular flexibility index (Phi) is 4.29. The fourth-order valence-electron chi connectivity index (χ4n) is 2.83. The van der Waals surface area contributed by atoms with E-state index in [0.29, 0.717) is 12.4 Å². The van der Waals surface area contributed by atoms with Gasteiger partial charge in [-0.3, -0.25) is 10.1 Å². The summed E-state index contributed by atoms with van der Waals surface area (Å²) in [5.41, 5.74) is 1.33. The summed E-state index contributed by atoms with van der Waals surface area (Å²) in [6.07, 6.45) is 2.51. The van der Waals surface area contributed by atoms with Crippen LogP contribution in [0.15, 0.2) is 48.7 Å². The molecule has 0 radical (unpaired) electrons. The molecule has 0 amide bonds. The molecule has 1 unspecified atom stereocenters. The lowest BCUT2D eigenvalue weighted by Crippen LogP contribution is -2.52. The van der Waals surface area contributed by atoms with Gasteiger partial charge < -0.3 is 10.2 Å². The van der Waals surface area contributed by atoms with Gasteiger partial charge in [0.1, 0.15) is 0 Å². The summed E-state index contributed by atoms with van der Waals surface area (Å²) in [6, 6.07) is 13.6. The molecule has 0 saturated carbocycles. The maximum Gasteiger partial charge on any atom is 0.311 e. The van der Waals surface area contributed by atoms with Crippen LogP contribution in [0.2, 0.25) is 0 Å². The van der Waals surface area contributed by atoms with E-state index in [2.05, 4.69) is 22.4 Å². The molecular formula is C16H18N4O2. The molecule has 2 heterocycles. The number of anilines is 1. The van der Waals surface area contributed by atoms with Crippen molar-refractivity contribution in [1.82, 2.24) is 10.3 Å². The maximum absolute atomic E-state index is 11.2. The lowest BCUT2D eigenvalue weighted by Gasteiger charge is -2.34. The average Bonchev–Trinajstić information content (AvgIpc) is 2.56. The number of hydrogen-bond acceptors (Lipinski definition) is 5. The van der Waals surface area contributed by atoms with Crippen LogP contribution in [0.25, 0.3) is 0 Å². The minimum absolute atomic E-state index is 0.0721. The highest BCUT2D eigenvalue weighted by Gasteiger charge is 2.26. The molecule has 1 aliphatic heterocycles. The van der Waals surface area contributed by atoms with Crippen molar-refractivity contribution in [3.63, 3.8) is 0 Å². The predicted octanol–water partition coefficient (Wildman–Crippen LogP) is 2.01. The van der Waals surface area contributed by atoms with Crippen LogP contribution in [0.1, 0.15) is 5.56 Å². The number of piperazine rings is 1. The topological polar surface area (TPSA) is 71.3 Å². The number of nitrogens with one attached hydrogen (secondary N) is 1. The first kappa shape index (κ1) is 14.5. The number of hydrogen-bond donors (Lipinski definition) is 1. The summed E-state index contributed by atoms with van der Waals surface area (Å²) >= 11 is 0. The molecule has 1 fully saturated rings. The van der Waals surface area contributed by atoms with Crippen molar-refractivity contribution in [1.29, 1.82) is 0 Å². The van der Waals surface area contributed by atoms with Crippen LogP contribution >= 0.6 is 0 Å². The highest BCUT2D eigenvalue weighted by atomic mass is 16.6. The Morgan fingerprint density at radius 1 is 1.27 bits per heavy atom. The zero-order chi connectivity index (χ0) is 15.4. The van der Waals surface area contributed by atoms with E-state index in [9.17, 15) is 10.1 Å². The van der Waals surface area contributed by atoms with Gasteiger partial charge in [-0.15, -0.1) is 0 Å². The van der Waals surface area contributed by atoms with Crippen molar-refractivity contribution in [2.24, 2.45) is 0 Å². The smallest absolute Gasteiger partial charge is 0.311 e. The summed E-state index contributed by atoms with van der Waals surface area (Å²) in [7, 11) is 0. The van der Waals surface area contributed by atoms with Crippen LogP contribution < -0.4 is 10.2 Å². The van der Waals surface area contributed by atoms with Gasteiger partial charge in [0.2, 0.25) is 5.82 Å². The third kappa shape index (κ3) is 3.23. The van der Waals surface area contributed by atoms with E-state index in [4.69, 9.17) is 0 Å². The van der Waals surface area contributed by atoms with E-state index < -0.39 is 0 Å². The first-order valence-corrected chi connectivity index (χ1v) is 7.35. The normalized spacial score (nSPS) is 18.2. The Balaban J connectivity index is 1.75. The van der Waals surface area contributed by atoms with E-state index in [1.165, 1.54) is 11.6 Å². The second-order valence-electron chi connectivity index (χ2n) is 5.39. The summed E-state index contributed by atoms with van der Waals surface area (Å²) in [5, 5.41) is 14.6. The highest BCUT2D eigenvalue weighted by Crippen LogP contribution is 2.25. The van der Waals surface area contributed by atoms with Crippen LogP contribution in [-0.4, -0.2) is 35.6 Å². The number of nitrogens with zero attached hydrogens (tertiary/aromatic N) is 3. The fraction of sp³-hybridized carbons (Fsp3) is 0.312. The second-order valence-corrected chi connectivity index (χ2v) is 5.39. The van der Waals surface area contributed by atoms with Gasteiger partial charge in [-0.2, -0.15) is 0 Å². The molecule has 3 rings (SSSR count). The van der Waals surface area contributed by atoms with Crippen LogP contribution in [0.3, 0.4) is 0 Å². The number of rotatable bonds is 4. The van der Waals surface area contributed by atoms with Crippen molar-refractivity contribution in [2.45, 2.75) is 12.5 Å². The predicted molar refractivity (Wildman–Crippen MR) is 85.0 cm³/mol. The van der Waals surface area contributed by atoms with Crippen molar-refractivity contribution in [3.8, 4) is 0 Å². The van der Waals surface area contributed by atoms with E-state index in [0.717, 1.165) is 19.5 Å². The molecule has 1 aromatic heterocycles. The van der Waals surface area contributed by atoms with E-state index in [1.807, 2.05) is 23.1 Å². The van der Waals surface area contributed by atoms with E-state index in [-0.39, 0.29) is 16.7 Å². The minimum atomic E-state index is -0.365. The summed E-state index contributed by atoms with van der Waals surface area (Å²) in [4.78, 5) is 17.0. The number of nitro groups is 1. The Hall–Kier alpha value is -2.47. The molecule has 1 N–H and O–H groups in total. The molecule has 6 nitrogen and oxygen atoms in total. The van der Waals surface area contributed by atoms with Crippen molar-refractivity contribution in [3.05, 3.63) is 64.3 Å². The SMILES string of the molecule is O=[N+]([O-])c1cccnc1N1CCNC(Cc2ccccc2)C1. The molecule has 1 saturated heterocycles. The van der Waals surface area contributed by atoms with E-state index >= 15 is 0 Å². The Morgan fingerprint density at radius 2 is 2.09 bits per heavy atom. The highest BCUT2D eigenvalue weighted by molar-refractivity contribution is 5.57. The molecule has 0 aliphatic carbocycles. The van der Waals surface area contributed by atoms with Crippen LogP contribution in [0, 0.1) is 10.1 Å². The first-order chi connectivity index (χ1) is 10.7. The Bertz CT molecular complexity index is 648. The standard InChI is InChI=1S/C16H18N4O2/c21-20(22)15-7-4-8-18-16(15)19-10-9-17-14(12-19)11-13-5-2-1-3-6-13/h1-8,14,17H,9-12H2. The van der Waals surface area contributed by atoms with Crippen molar-refractivity contribution < 1.29 is 4.92 Å². The van der Waals surface area contributed by atoms with Gasteiger partial charge in [0.25, 0.3) is 0 Å². The summed E-state index contributed by atoms with van der Waals surface area (Å²) in [5.74, 6) is 0.465. The van der Waals surface area contributed by atoms with Crippen molar-refractivity contribution in [2.75, 3.05) is 24.5 Å². The monoisotopic (exact) mass is 298 g/mol. The zero-order valence-electron chi connectivity index (χ0n) is 12.2. The second kappa shape index (κ2) is 6.53. The van der Waals surface area contributed by atoms with Crippen LogP contribution in [-0.2, 0) is 6.42 Å². The molecule has 22 heavy (non-hydrogen) atoms. The Morgan fingerprint density at radius 3 is 2.86 bits per heavy atom. The van der Waals surface area contributed by atoms with Gasteiger partial charge in [0.15, 0.2) is 0 Å². The largest absolute Gasteiger partial charge is 0.348 e. The molecule has 2 aromatic rings. The van der Waals surface area contributed by atoms with Gasteiger partial charge in [0.05, 0.1) is 4.92 Å². The van der Waals surface area contributed by atoms with Gasteiger partial charge in [-0.1, -0.05) is 30.3 Å². The molecule has 114 valence electrons. The number of benzene rings is 1. The third-order valence-electron chi connectivity index (χ3n) is 3.84. The Labute approximate surface area is 128 Å². The zero-order valence-corrected chi connectivity index (χ0v) is 12.2. The van der Waals surface area contributed by atoms with E-state index in [1.54, 1.807) is 12.3 Å². The average molecular weight is 298 g/mol. The van der Waals surface area contributed by atoms with Crippen molar-refractivity contribution >= 4 is 11.5 Å². The minimum Gasteiger partial charge on any atom is -0.348 e. The molecule has 0 bridgehead atoms. The molecule has 6 heteroatoms. The first-order valence-electron chi connectivity index (χ1n) is 7.35. The van der Waals surface area contributed by atoms with Crippen LogP contribution in [0.5, 0.6) is 0 Å². The molecule has 1 aromatic carbocycles. The van der Waals surface area contributed by atoms with Gasteiger partial charge in [-0.25, -0.2) is 4.98 Å². The van der Waals surface area contributed by atoms with Gasteiger partial charge in [0, 0.05) is 37.9 Å². The molecule has 1 aliphatic rings. The quantitative estimate of drug-likeness (QED) is 0.690. The molecule has 1 atom stereocenters. The van der Waals surface area contributed by atoms with Gasteiger partial charge >= 0.3 is 5.69 Å². The summed E-state index contributed by atoms with van der Waals surface area (Å²) in [6.45, 7) is 2.24. The molecule has 0 spiro atoms. The lowest BCUT2D eigenvalue weighted by atomic mass is 10.0. The van der Waals surface area contributed by atoms with Crippen LogP contribution in [0.4, 0.5) is 11.5 Å².